The number of carbonyl (C=O) groups is 2. The average Bonchev–Trinajstić information content (AvgIpc) is 2.60. The molecule has 0 bridgehead atoms. The Morgan fingerprint density at radius 1 is 1.23 bits per heavy atom. The number of hydrogen-bond acceptors (Lipinski definition) is 5. The fraction of sp³-hybridized carbons (Fsp3) is 0.556. The molecule has 8 heteroatoms. The van der Waals surface area contributed by atoms with E-state index in [1.807, 2.05) is 6.92 Å². The third kappa shape index (κ3) is 5.20. The van der Waals surface area contributed by atoms with Gasteiger partial charge in [-0.15, -0.1) is 0 Å². The monoisotopic (exact) mass is 401 g/mol. The molecule has 1 saturated carbocycles. The Balaban J connectivity index is 2.04. The maximum absolute atomic E-state index is 12.4. The van der Waals surface area contributed by atoms with Gasteiger partial charge in [-0.2, -0.15) is 0 Å². The number of carbonyl (C=O) groups excluding carboxylic acids is 2. The largest absolute Gasteiger partial charge is 0.452 e. The van der Waals surface area contributed by atoms with Crippen LogP contribution in [-0.2, 0) is 19.4 Å². The Hall–Kier alpha value is -1.60. The van der Waals surface area contributed by atoms with Crippen molar-refractivity contribution in [2.75, 3.05) is 19.4 Å². The van der Waals surface area contributed by atoms with Crippen LogP contribution in [0.15, 0.2) is 23.1 Å². The molecular formula is C18H24ClNO5S. The summed E-state index contributed by atoms with van der Waals surface area (Å²) >= 11 is 5.98. The molecule has 1 fully saturated rings. The van der Waals surface area contributed by atoms with E-state index in [-0.39, 0.29) is 34.0 Å². The molecule has 1 aliphatic rings. The normalized spacial score (nSPS) is 15.5. The van der Waals surface area contributed by atoms with Gasteiger partial charge < -0.3 is 9.64 Å². The van der Waals surface area contributed by atoms with E-state index in [1.165, 1.54) is 24.6 Å². The standard InChI is InChI=1S/C18H24ClNO5S/c1-3-20(13-7-5-4-6-8-13)17(21)12-25-18(22)15-11-14(26(2,23)24)9-10-16(15)19/h9-11,13H,3-8,12H2,1-2H3. The van der Waals surface area contributed by atoms with Crippen LogP contribution >= 0.6 is 11.6 Å². The van der Waals surface area contributed by atoms with Gasteiger partial charge in [-0.25, -0.2) is 13.2 Å². The Labute approximate surface area is 159 Å². The molecule has 1 amide bonds. The molecule has 2 rings (SSSR count). The van der Waals surface area contributed by atoms with E-state index in [0.29, 0.717) is 6.54 Å². The van der Waals surface area contributed by atoms with Crippen molar-refractivity contribution in [1.29, 1.82) is 0 Å². The van der Waals surface area contributed by atoms with E-state index in [0.717, 1.165) is 31.9 Å². The van der Waals surface area contributed by atoms with Gasteiger partial charge in [-0.05, 0) is 38.0 Å². The molecule has 6 nitrogen and oxygen atoms in total. The van der Waals surface area contributed by atoms with Crippen LogP contribution in [0.2, 0.25) is 5.02 Å². The van der Waals surface area contributed by atoms with Gasteiger partial charge in [-0.1, -0.05) is 30.9 Å². The zero-order valence-electron chi connectivity index (χ0n) is 15.0. The molecule has 1 aromatic rings. The predicted octanol–water partition coefficient (Wildman–Crippen LogP) is 3.08. The molecular weight excluding hydrogens is 378 g/mol. The quantitative estimate of drug-likeness (QED) is 0.684. The van der Waals surface area contributed by atoms with Crippen LogP contribution in [0.3, 0.4) is 0 Å². The molecule has 144 valence electrons. The summed E-state index contributed by atoms with van der Waals surface area (Å²) in [6, 6.07) is 4.01. The molecule has 0 aliphatic heterocycles. The zero-order valence-corrected chi connectivity index (χ0v) is 16.6. The van der Waals surface area contributed by atoms with Gasteiger partial charge in [0.25, 0.3) is 5.91 Å². The highest BCUT2D eigenvalue weighted by atomic mass is 35.5. The van der Waals surface area contributed by atoms with Crippen molar-refractivity contribution in [3.8, 4) is 0 Å². The lowest BCUT2D eigenvalue weighted by Crippen LogP contribution is -2.43. The Morgan fingerprint density at radius 3 is 2.46 bits per heavy atom. The SMILES string of the molecule is CCN(C(=O)COC(=O)c1cc(S(C)(=O)=O)ccc1Cl)C1CCCCC1. The molecule has 1 aliphatic carbocycles. The van der Waals surface area contributed by atoms with Gasteiger partial charge in [0.05, 0.1) is 15.5 Å². The van der Waals surface area contributed by atoms with Gasteiger partial charge in [0.1, 0.15) is 0 Å². The second kappa shape index (κ2) is 8.86. The van der Waals surface area contributed by atoms with Crippen molar-refractivity contribution in [1.82, 2.24) is 4.90 Å². The van der Waals surface area contributed by atoms with Crippen LogP contribution in [0.4, 0.5) is 0 Å². The number of hydrogen-bond donors (Lipinski definition) is 0. The summed E-state index contributed by atoms with van der Waals surface area (Å²) in [5.74, 6) is -1.06. The minimum Gasteiger partial charge on any atom is -0.452 e. The first kappa shape index (κ1) is 20.7. The lowest BCUT2D eigenvalue weighted by molar-refractivity contribution is -0.137. The van der Waals surface area contributed by atoms with E-state index in [4.69, 9.17) is 16.3 Å². The van der Waals surface area contributed by atoms with Crippen LogP contribution in [0.1, 0.15) is 49.4 Å². The first-order valence-electron chi connectivity index (χ1n) is 8.70. The van der Waals surface area contributed by atoms with Crippen molar-refractivity contribution in [2.45, 2.75) is 50.0 Å². The third-order valence-electron chi connectivity index (χ3n) is 4.59. The highest BCUT2D eigenvalue weighted by Gasteiger charge is 2.25. The van der Waals surface area contributed by atoms with Crippen LogP contribution in [-0.4, -0.2) is 50.6 Å². The second-order valence-corrected chi connectivity index (χ2v) is 8.88. The Morgan fingerprint density at radius 2 is 1.88 bits per heavy atom. The van der Waals surface area contributed by atoms with Crippen molar-refractivity contribution in [3.05, 3.63) is 28.8 Å². The number of nitrogens with zero attached hydrogens (tertiary/aromatic N) is 1. The smallest absolute Gasteiger partial charge is 0.340 e. The van der Waals surface area contributed by atoms with Gasteiger partial charge in [0.2, 0.25) is 0 Å². The topological polar surface area (TPSA) is 80.8 Å². The highest BCUT2D eigenvalue weighted by molar-refractivity contribution is 7.90. The molecule has 0 spiro atoms. The van der Waals surface area contributed by atoms with E-state index < -0.39 is 15.8 Å². The van der Waals surface area contributed by atoms with Crippen LogP contribution < -0.4 is 0 Å². The minimum absolute atomic E-state index is 0.0300. The maximum atomic E-state index is 12.4. The van der Waals surface area contributed by atoms with Crippen LogP contribution in [0.5, 0.6) is 0 Å². The molecule has 0 aromatic heterocycles. The van der Waals surface area contributed by atoms with Crippen molar-refractivity contribution in [3.63, 3.8) is 0 Å². The number of ether oxygens (including phenoxy) is 1. The van der Waals surface area contributed by atoms with Gasteiger partial charge in [0.15, 0.2) is 16.4 Å². The van der Waals surface area contributed by atoms with E-state index in [9.17, 15) is 18.0 Å². The number of amides is 1. The maximum Gasteiger partial charge on any atom is 0.340 e. The van der Waals surface area contributed by atoms with Crippen LogP contribution in [0, 0.1) is 0 Å². The summed E-state index contributed by atoms with van der Waals surface area (Å²) in [4.78, 5) is 26.4. The van der Waals surface area contributed by atoms with E-state index >= 15 is 0 Å². The molecule has 26 heavy (non-hydrogen) atoms. The minimum atomic E-state index is -3.48. The van der Waals surface area contributed by atoms with Crippen LogP contribution in [0.25, 0.3) is 0 Å². The summed E-state index contributed by atoms with van der Waals surface area (Å²) in [5.41, 5.74) is -0.0666. The molecule has 0 heterocycles. The molecule has 0 radical (unpaired) electrons. The first-order chi connectivity index (χ1) is 12.2. The number of likely N-dealkylation sites (N-methyl/N-ethyl adjacent to an activating group) is 1. The molecule has 0 unspecified atom stereocenters. The first-order valence-corrected chi connectivity index (χ1v) is 11.0. The summed E-state index contributed by atoms with van der Waals surface area (Å²) in [6.07, 6.45) is 6.36. The van der Waals surface area contributed by atoms with Gasteiger partial charge >= 0.3 is 5.97 Å². The zero-order chi connectivity index (χ0) is 19.3. The fourth-order valence-electron chi connectivity index (χ4n) is 3.21. The lowest BCUT2D eigenvalue weighted by atomic mass is 9.94. The third-order valence-corrected chi connectivity index (χ3v) is 6.03. The van der Waals surface area contributed by atoms with Crippen molar-refractivity contribution in [2.24, 2.45) is 0 Å². The molecule has 0 atom stereocenters. The number of esters is 1. The second-order valence-electron chi connectivity index (χ2n) is 6.46. The highest BCUT2D eigenvalue weighted by Crippen LogP contribution is 2.23. The molecule has 0 N–H and O–H groups in total. The fourth-order valence-corrected chi connectivity index (χ4v) is 4.05. The molecule has 0 saturated heterocycles. The summed E-state index contributed by atoms with van der Waals surface area (Å²) in [7, 11) is -3.48. The summed E-state index contributed by atoms with van der Waals surface area (Å²) in [5, 5.41) is 0.0782. The summed E-state index contributed by atoms with van der Waals surface area (Å²) < 4.78 is 28.4. The Kier molecular flexibility index (Phi) is 7.06. The average molecular weight is 402 g/mol. The number of rotatable bonds is 6. The lowest BCUT2D eigenvalue weighted by Gasteiger charge is -2.33. The summed E-state index contributed by atoms with van der Waals surface area (Å²) in [6.45, 7) is 2.08. The predicted molar refractivity (Wildman–Crippen MR) is 99.1 cm³/mol. The Bertz CT molecular complexity index is 772. The number of halogens is 1. The van der Waals surface area contributed by atoms with Gasteiger partial charge in [-0.3, -0.25) is 4.79 Å². The van der Waals surface area contributed by atoms with E-state index in [1.54, 1.807) is 4.90 Å². The van der Waals surface area contributed by atoms with Crippen molar-refractivity contribution >= 4 is 33.3 Å². The molecule has 1 aromatic carbocycles. The van der Waals surface area contributed by atoms with Crippen molar-refractivity contribution < 1.29 is 22.7 Å². The number of benzene rings is 1. The van der Waals surface area contributed by atoms with Gasteiger partial charge in [0, 0.05) is 18.8 Å². The van der Waals surface area contributed by atoms with E-state index in [2.05, 4.69) is 0 Å². The number of sulfone groups is 1.